The predicted molar refractivity (Wildman–Crippen MR) is 68.1 cm³/mol. The number of alkyl halides is 3. The standard InChI is InChI=1S/C12H10BrF3N2O2/c13-7-1-2-8(9(5-7)12(14,15)16)11(20)18-4-3-17-10(19)6-18/h1-2,5H,3-4,6H2,(H,17,19). The highest BCUT2D eigenvalue weighted by Gasteiger charge is 2.37. The van der Waals surface area contributed by atoms with Crippen LogP contribution >= 0.6 is 15.9 Å². The summed E-state index contributed by atoms with van der Waals surface area (Å²) in [6.45, 7) is 0.201. The Morgan fingerprint density at radius 1 is 1.35 bits per heavy atom. The van der Waals surface area contributed by atoms with Crippen LogP contribution in [-0.2, 0) is 11.0 Å². The Kier molecular flexibility index (Phi) is 4.03. The van der Waals surface area contributed by atoms with Crippen LogP contribution in [0.1, 0.15) is 15.9 Å². The van der Waals surface area contributed by atoms with E-state index in [0.29, 0.717) is 0 Å². The summed E-state index contributed by atoms with van der Waals surface area (Å²) in [6.07, 6.45) is -4.63. The van der Waals surface area contributed by atoms with Crippen LogP contribution in [0.5, 0.6) is 0 Å². The Labute approximate surface area is 121 Å². The molecule has 1 heterocycles. The molecule has 0 bridgehead atoms. The fourth-order valence-electron chi connectivity index (χ4n) is 1.92. The second-order valence-corrected chi connectivity index (χ2v) is 5.18. The zero-order valence-corrected chi connectivity index (χ0v) is 11.7. The molecule has 2 amide bonds. The van der Waals surface area contributed by atoms with Gasteiger partial charge in [-0.3, -0.25) is 9.59 Å². The van der Waals surface area contributed by atoms with Crippen molar-refractivity contribution < 1.29 is 22.8 Å². The van der Waals surface area contributed by atoms with Crippen LogP contribution in [0.2, 0.25) is 0 Å². The number of halogens is 4. The molecule has 1 fully saturated rings. The molecule has 0 spiro atoms. The summed E-state index contributed by atoms with van der Waals surface area (Å²) in [6, 6.07) is 3.34. The van der Waals surface area contributed by atoms with E-state index in [1.165, 1.54) is 6.07 Å². The zero-order chi connectivity index (χ0) is 14.9. The Balaban J connectivity index is 2.37. The van der Waals surface area contributed by atoms with Crippen LogP contribution < -0.4 is 5.32 Å². The Hall–Kier alpha value is -1.57. The monoisotopic (exact) mass is 350 g/mol. The molecule has 1 N–H and O–H groups in total. The first-order chi connectivity index (χ1) is 9.29. The topological polar surface area (TPSA) is 49.4 Å². The molecule has 0 aliphatic carbocycles. The van der Waals surface area contributed by atoms with Gasteiger partial charge in [-0.2, -0.15) is 13.2 Å². The lowest BCUT2D eigenvalue weighted by Crippen LogP contribution is -2.50. The summed E-state index contributed by atoms with van der Waals surface area (Å²) in [4.78, 5) is 24.5. The summed E-state index contributed by atoms with van der Waals surface area (Å²) in [5.41, 5.74) is -1.46. The van der Waals surface area contributed by atoms with Crippen LogP contribution in [0.3, 0.4) is 0 Å². The molecule has 1 saturated heterocycles. The largest absolute Gasteiger partial charge is 0.417 e. The van der Waals surface area contributed by atoms with E-state index in [9.17, 15) is 22.8 Å². The van der Waals surface area contributed by atoms with E-state index < -0.39 is 23.2 Å². The molecule has 0 atom stereocenters. The van der Waals surface area contributed by atoms with Crippen molar-refractivity contribution in [1.82, 2.24) is 10.2 Å². The first-order valence-corrected chi connectivity index (χ1v) is 6.51. The first-order valence-electron chi connectivity index (χ1n) is 5.72. The number of carbonyl (C=O) groups excluding carboxylic acids is 2. The van der Waals surface area contributed by atoms with Gasteiger partial charge in [0.15, 0.2) is 0 Å². The van der Waals surface area contributed by atoms with Gasteiger partial charge < -0.3 is 10.2 Å². The molecule has 1 aliphatic heterocycles. The van der Waals surface area contributed by atoms with Crippen molar-refractivity contribution in [2.45, 2.75) is 6.18 Å². The molecule has 1 aliphatic rings. The summed E-state index contributed by atoms with van der Waals surface area (Å²) in [7, 11) is 0. The Morgan fingerprint density at radius 3 is 2.65 bits per heavy atom. The van der Waals surface area contributed by atoms with Crippen LogP contribution in [0.4, 0.5) is 13.2 Å². The Morgan fingerprint density at radius 2 is 2.05 bits per heavy atom. The van der Waals surface area contributed by atoms with Gasteiger partial charge in [0, 0.05) is 17.6 Å². The van der Waals surface area contributed by atoms with Crippen LogP contribution in [0.15, 0.2) is 22.7 Å². The minimum Gasteiger partial charge on any atom is -0.353 e. The predicted octanol–water partition coefficient (Wildman–Crippen LogP) is 2.04. The molecule has 1 aromatic carbocycles. The van der Waals surface area contributed by atoms with Crippen molar-refractivity contribution in [3.05, 3.63) is 33.8 Å². The van der Waals surface area contributed by atoms with E-state index in [1.54, 1.807) is 0 Å². The third kappa shape index (κ3) is 3.12. The van der Waals surface area contributed by atoms with Crippen molar-refractivity contribution in [2.24, 2.45) is 0 Å². The molecule has 0 unspecified atom stereocenters. The minimum atomic E-state index is -4.63. The number of nitrogens with zero attached hydrogens (tertiary/aromatic N) is 1. The van der Waals surface area contributed by atoms with E-state index in [1.807, 2.05) is 0 Å². The number of nitrogens with one attached hydrogen (secondary N) is 1. The molecule has 20 heavy (non-hydrogen) atoms. The highest BCUT2D eigenvalue weighted by atomic mass is 79.9. The first kappa shape index (κ1) is 14.8. The van der Waals surface area contributed by atoms with Crippen molar-refractivity contribution in [1.29, 1.82) is 0 Å². The highest BCUT2D eigenvalue weighted by Crippen LogP contribution is 2.34. The fraction of sp³-hybridized carbons (Fsp3) is 0.333. The Bertz CT molecular complexity index is 560. The maximum Gasteiger partial charge on any atom is 0.417 e. The summed E-state index contributed by atoms with van der Waals surface area (Å²) < 4.78 is 39.1. The van der Waals surface area contributed by atoms with Gasteiger partial charge in [0.25, 0.3) is 5.91 Å². The molecule has 0 aromatic heterocycles. The van der Waals surface area contributed by atoms with E-state index in [0.717, 1.165) is 17.0 Å². The maximum atomic E-state index is 13.0. The lowest BCUT2D eigenvalue weighted by Gasteiger charge is -2.27. The van der Waals surface area contributed by atoms with Gasteiger partial charge in [-0.25, -0.2) is 0 Å². The summed E-state index contributed by atoms with van der Waals surface area (Å²) >= 11 is 2.95. The second kappa shape index (κ2) is 5.43. The van der Waals surface area contributed by atoms with Crippen molar-refractivity contribution in [3.8, 4) is 0 Å². The average Bonchev–Trinajstić information content (AvgIpc) is 2.37. The second-order valence-electron chi connectivity index (χ2n) is 4.26. The minimum absolute atomic E-state index is 0.192. The molecule has 1 aromatic rings. The van der Waals surface area contributed by atoms with Crippen molar-refractivity contribution >= 4 is 27.7 Å². The third-order valence-corrected chi connectivity index (χ3v) is 3.34. The van der Waals surface area contributed by atoms with Crippen molar-refractivity contribution in [3.63, 3.8) is 0 Å². The number of hydrogen-bond acceptors (Lipinski definition) is 2. The molecule has 8 heteroatoms. The molecule has 4 nitrogen and oxygen atoms in total. The lowest BCUT2D eigenvalue weighted by atomic mass is 10.1. The van der Waals surface area contributed by atoms with Crippen LogP contribution in [-0.4, -0.2) is 36.3 Å². The third-order valence-electron chi connectivity index (χ3n) is 2.84. The molecule has 0 saturated carbocycles. The van der Waals surface area contributed by atoms with Gasteiger partial charge in [0.05, 0.1) is 17.7 Å². The average molecular weight is 351 g/mol. The lowest BCUT2D eigenvalue weighted by molar-refractivity contribution is -0.138. The number of rotatable bonds is 1. The van der Waals surface area contributed by atoms with Crippen LogP contribution in [0.25, 0.3) is 0 Å². The quantitative estimate of drug-likeness (QED) is 0.842. The zero-order valence-electron chi connectivity index (χ0n) is 10.1. The normalized spacial score (nSPS) is 16.0. The fourth-order valence-corrected chi connectivity index (χ4v) is 2.28. The van der Waals surface area contributed by atoms with Gasteiger partial charge in [0.1, 0.15) is 0 Å². The number of benzene rings is 1. The molecule has 0 radical (unpaired) electrons. The van der Waals surface area contributed by atoms with E-state index in [2.05, 4.69) is 21.2 Å². The van der Waals surface area contributed by atoms with E-state index in [-0.39, 0.29) is 30.0 Å². The van der Waals surface area contributed by atoms with Gasteiger partial charge in [0.2, 0.25) is 5.91 Å². The highest BCUT2D eigenvalue weighted by molar-refractivity contribution is 9.10. The number of hydrogen-bond donors (Lipinski definition) is 1. The molecular weight excluding hydrogens is 341 g/mol. The van der Waals surface area contributed by atoms with Gasteiger partial charge in [-0.15, -0.1) is 0 Å². The van der Waals surface area contributed by atoms with Crippen molar-refractivity contribution in [2.75, 3.05) is 19.6 Å². The summed E-state index contributed by atoms with van der Waals surface area (Å²) in [5, 5.41) is 2.51. The molecular formula is C12H10BrF3N2O2. The smallest absolute Gasteiger partial charge is 0.353 e. The SMILES string of the molecule is O=C1CN(C(=O)c2ccc(Br)cc2C(F)(F)F)CCN1. The van der Waals surface area contributed by atoms with Gasteiger partial charge in [-0.1, -0.05) is 15.9 Å². The number of piperazine rings is 1. The van der Waals surface area contributed by atoms with Gasteiger partial charge >= 0.3 is 6.18 Å². The molecule has 2 rings (SSSR count). The number of carbonyl (C=O) groups is 2. The van der Waals surface area contributed by atoms with Gasteiger partial charge in [-0.05, 0) is 18.2 Å². The maximum absolute atomic E-state index is 13.0. The van der Waals surface area contributed by atoms with E-state index in [4.69, 9.17) is 0 Å². The van der Waals surface area contributed by atoms with E-state index >= 15 is 0 Å². The number of amides is 2. The molecule has 108 valence electrons. The summed E-state index contributed by atoms with van der Waals surface area (Å²) in [5.74, 6) is -1.17. The van der Waals surface area contributed by atoms with Crippen LogP contribution in [0, 0.1) is 0 Å².